The molecular weight excluding hydrogens is 432 g/mol. The molecule has 3 N–H and O–H groups in total. The molecule has 0 bridgehead atoms. The SMILES string of the molecule is CCCCOc1ccc(-c2ccc(C(=O)Nc3cccc4c(=O)cc(C(N)=O)oc34)cc2)cc1. The number of hydrogen-bond donors (Lipinski definition) is 2. The second-order valence-corrected chi connectivity index (χ2v) is 7.78. The molecule has 0 aliphatic rings. The number of rotatable bonds is 8. The molecule has 7 heteroatoms. The van der Waals surface area contributed by atoms with Crippen molar-refractivity contribution < 1.29 is 18.7 Å². The Hall–Kier alpha value is -4.39. The van der Waals surface area contributed by atoms with Crippen molar-refractivity contribution in [3.05, 3.63) is 94.3 Å². The van der Waals surface area contributed by atoms with Crippen molar-refractivity contribution in [2.75, 3.05) is 11.9 Å². The van der Waals surface area contributed by atoms with Gasteiger partial charge >= 0.3 is 0 Å². The molecule has 4 rings (SSSR count). The number of amides is 2. The highest BCUT2D eigenvalue weighted by Gasteiger charge is 2.14. The van der Waals surface area contributed by atoms with Crippen molar-refractivity contribution in [1.82, 2.24) is 0 Å². The minimum atomic E-state index is -0.865. The zero-order valence-electron chi connectivity index (χ0n) is 18.7. The van der Waals surface area contributed by atoms with Gasteiger partial charge in [0.1, 0.15) is 5.75 Å². The maximum atomic E-state index is 12.8. The number of ether oxygens (including phenoxy) is 1. The van der Waals surface area contributed by atoms with Gasteiger partial charge in [0.15, 0.2) is 16.8 Å². The van der Waals surface area contributed by atoms with Crippen molar-refractivity contribution in [3.63, 3.8) is 0 Å². The zero-order chi connectivity index (χ0) is 24.1. The summed E-state index contributed by atoms with van der Waals surface area (Å²) in [6.45, 7) is 2.82. The van der Waals surface area contributed by atoms with Crippen LogP contribution in [0.25, 0.3) is 22.1 Å². The number of fused-ring (bicyclic) bond motifs is 1. The topological polar surface area (TPSA) is 112 Å². The molecule has 1 heterocycles. The molecule has 0 atom stereocenters. The number of benzene rings is 3. The summed E-state index contributed by atoms with van der Waals surface area (Å²) in [6, 6.07) is 20.8. The lowest BCUT2D eigenvalue weighted by Gasteiger charge is -2.10. The summed E-state index contributed by atoms with van der Waals surface area (Å²) in [5.74, 6) is -0.693. The quantitative estimate of drug-likeness (QED) is 0.363. The molecule has 0 saturated carbocycles. The monoisotopic (exact) mass is 456 g/mol. The molecule has 34 heavy (non-hydrogen) atoms. The number of para-hydroxylation sites is 1. The smallest absolute Gasteiger partial charge is 0.284 e. The second-order valence-electron chi connectivity index (χ2n) is 7.78. The summed E-state index contributed by atoms with van der Waals surface area (Å²) in [5.41, 5.74) is 7.58. The average molecular weight is 456 g/mol. The highest BCUT2D eigenvalue weighted by Crippen LogP contribution is 2.25. The first kappa shape index (κ1) is 22.8. The first-order chi connectivity index (χ1) is 16.5. The number of primary amides is 1. The van der Waals surface area contributed by atoms with Crippen LogP contribution in [0.4, 0.5) is 5.69 Å². The van der Waals surface area contributed by atoms with E-state index in [2.05, 4.69) is 12.2 Å². The number of unbranched alkanes of at least 4 members (excludes halogenated alkanes) is 1. The van der Waals surface area contributed by atoms with Crippen LogP contribution in [0.2, 0.25) is 0 Å². The number of hydrogen-bond acceptors (Lipinski definition) is 5. The van der Waals surface area contributed by atoms with Crippen LogP contribution in [0.5, 0.6) is 5.75 Å². The summed E-state index contributed by atoms with van der Waals surface area (Å²) < 4.78 is 11.2. The lowest BCUT2D eigenvalue weighted by molar-refractivity contribution is 0.0974. The van der Waals surface area contributed by atoms with Gasteiger partial charge in [-0.25, -0.2) is 0 Å². The molecule has 4 aromatic rings. The minimum Gasteiger partial charge on any atom is -0.494 e. The minimum absolute atomic E-state index is 0.0926. The average Bonchev–Trinajstić information content (AvgIpc) is 2.85. The van der Waals surface area contributed by atoms with Crippen molar-refractivity contribution in [1.29, 1.82) is 0 Å². The molecule has 2 amide bonds. The van der Waals surface area contributed by atoms with E-state index in [0.29, 0.717) is 12.2 Å². The van der Waals surface area contributed by atoms with Crippen LogP contribution in [-0.4, -0.2) is 18.4 Å². The van der Waals surface area contributed by atoms with Gasteiger partial charge in [0.25, 0.3) is 11.8 Å². The third-order valence-electron chi connectivity index (χ3n) is 5.35. The molecular formula is C27H24N2O5. The van der Waals surface area contributed by atoms with Crippen LogP contribution in [0.15, 0.2) is 82.0 Å². The van der Waals surface area contributed by atoms with Gasteiger partial charge in [0, 0.05) is 11.6 Å². The van der Waals surface area contributed by atoms with Gasteiger partial charge in [-0.1, -0.05) is 43.7 Å². The second kappa shape index (κ2) is 10.0. The third-order valence-corrected chi connectivity index (χ3v) is 5.35. The van der Waals surface area contributed by atoms with E-state index in [1.54, 1.807) is 30.3 Å². The zero-order valence-corrected chi connectivity index (χ0v) is 18.7. The Morgan fingerprint density at radius 3 is 2.29 bits per heavy atom. The molecule has 0 unspecified atom stereocenters. The van der Waals surface area contributed by atoms with E-state index in [4.69, 9.17) is 14.9 Å². The van der Waals surface area contributed by atoms with Gasteiger partial charge in [-0.2, -0.15) is 0 Å². The van der Waals surface area contributed by atoms with Gasteiger partial charge < -0.3 is 20.2 Å². The fourth-order valence-corrected chi connectivity index (χ4v) is 3.48. The normalized spacial score (nSPS) is 10.7. The fraction of sp³-hybridized carbons (Fsp3) is 0.148. The molecule has 0 aliphatic carbocycles. The van der Waals surface area contributed by atoms with Gasteiger partial charge in [-0.3, -0.25) is 14.4 Å². The third kappa shape index (κ3) is 4.99. The Labute approximate surface area is 196 Å². The lowest BCUT2D eigenvalue weighted by atomic mass is 10.0. The number of carbonyl (C=O) groups excluding carboxylic acids is 2. The Morgan fingerprint density at radius 2 is 1.65 bits per heavy atom. The Morgan fingerprint density at radius 1 is 0.971 bits per heavy atom. The predicted octanol–water partition coefficient (Wildman–Crippen LogP) is 4.99. The first-order valence-electron chi connectivity index (χ1n) is 11.0. The molecule has 0 aliphatic heterocycles. The van der Waals surface area contributed by atoms with Crippen LogP contribution < -0.4 is 21.2 Å². The van der Waals surface area contributed by atoms with E-state index in [9.17, 15) is 14.4 Å². The van der Waals surface area contributed by atoms with Crippen LogP contribution >= 0.6 is 0 Å². The summed E-state index contributed by atoms with van der Waals surface area (Å²) >= 11 is 0. The number of nitrogens with one attached hydrogen (secondary N) is 1. The summed E-state index contributed by atoms with van der Waals surface area (Å²) in [7, 11) is 0. The number of nitrogens with two attached hydrogens (primary N) is 1. The van der Waals surface area contributed by atoms with Crippen molar-refractivity contribution in [3.8, 4) is 16.9 Å². The highest BCUT2D eigenvalue weighted by molar-refractivity contribution is 6.08. The van der Waals surface area contributed by atoms with Crippen LogP contribution in [0.1, 0.15) is 40.7 Å². The molecule has 0 saturated heterocycles. The molecule has 172 valence electrons. The largest absolute Gasteiger partial charge is 0.494 e. The van der Waals surface area contributed by atoms with Crippen LogP contribution in [0, 0.1) is 0 Å². The molecule has 0 radical (unpaired) electrons. The summed E-state index contributed by atoms with van der Waals surface area (Å²) in [6.07, 6.45) is 2.10. The van der Waals surface area contributed by atoms with Crippen molar-refractivity contribution in [2.45, 2.75) is 19.8 Å². The molecule has 3 aromatic carbocycles. The Bertz CT molecular complexity index is 1390. The fourth-order valence-electron chi connectivity index (χ4n) is 3.48. The van der Waals surface area contributed by atoms with Gasteiger partial charge in [-0.15, -0.1) is 0 Å². The van der Waals surface area contributed by atoms with E-state index in [1.807, 2.05) is 36.4 Å². The van der Waals surface area contributed by atoms with Crippen molar-refractivity contribution in [2.24, 2.45) is 5.73 Å². The predicted molar refractivity (Wildman–Crippen MR) is 131 cm³/mol. The maximum Gasteiger partial charge on any atom is 0.284 e. The number of carbonyl (C=O) groups is 2. The molecule has 0 spiro atoms. The van der Waals surface area contributed by atoms with E-state index >= 15 is 0 Å². The standard InChI is InChI=1S/C27H24N2O5/c1-2-3-15-33-20-13-11-18(12-14-20)17-7-9-19(10-8-17)27(32)29-22-6-4-5-21-23(30)16-24(26(28)31)34-25(21)22/h4-14,16H,2-3,15H2,1H3,(H2,28,31)(H,29,32). The highest BCUT2D eigenvalue weighted by atomic mass is 16.5. The van der Waals surface area contributed by atoms with Gasteiger partial charge in [-0.05, 0) is 53.9 Å². The Balaban J connectivity index is 1.52. The molecule has 1 aromatic heterocycles. The molecule has 0 fully saturated rings. The molecule has 7 nitrogen and oxygen atoms in total. The summed E-state index contributed by atoms with van der Waals surface area (Å²) in [5, 5.41) is 2.98. The van der Waals surface area contributed by atoms with Gasteiger partial charge in [0.2, 0.25) is 0 Å². The van der Waals surface area contributed by atoms with Crippen LogP contribution in [0.3, 0.4) is 0 Å². The van der Waals surface area contributed by atoms with Crippen LogP contribution in [-0.2, 0) is 0 Å². The summed E-state index contributed by atoms with van der Waals surface area (Å²) in [4.78, 5) is 36.6. The van der Waals surface area contributed by atoms with Crippen molar-refractivity contribution >= 4 is 28.5 Å². The van der Waals surface area contributed by atoms with E-state index in [0.717, 1.165) is 35.8 Å². The lowest BCUT2D eigenvalue weighted by Crippen LogP contribution is -2.16. The van der Waals surface area contributed by atoms with E-state index in [-0.39, 0.29) is 28.3 Å². The first-order valence-corrected chi connectivity index (χ1v) is 11.0. The van der Waals surface area contributed by atoms with Gasteiger partial charge in [0.05, 0.1) is 17.7 Å². The van der Waals surface area contributed by atoms with E-state index in [1.165, 1.54) is 0 Å². The number of anilines is 1. The Kier molecular flexibility index (Phi) is 6.73. The maximum absolute atomic E-state index is 12.8. The van der Waals surface area contributed by atoms with E-state index < -0.39 is 11.3 Å².